The van der Waals surface area contributed by atoms with Crippen molar-refractivity contribution in [2.24, 2.45) is 0 Å². The Bertz CT molecular complexity index is 1030. The van der Waals surface area contributed by atoms with Gasteiger partial charge in [-0.2, -0.15) is 13.2 Å². The van der Waals surface area contributed by atoms with Crippen LogP contribution in [0.15, 0.2) is 58.3 Å². The van der Waals surface area contributed by atoms with E-state index in [-0.39, 0.29) is 15.3 Å². The van der Waals surface area contributed by atoms with E-state index in [9.17, 15) is 26.7 Å². The topological polar surface area (TPSA) is 67.3 Å². The van der Waals surface area contributed by atoms with Gasteiger partial charge in [-0.3, -0.25) is 0 Å². The lowest BCUT2D eigenvalue weighted by Gasteiger charge is -2.23. The third-order valence-corrected chi connectivity index (χ3v) is 6.71. The van der Waals surface area contributed by atoms with Crippen molar-refractivity contribution in [2.75, 3.05) is 0 Å². The van der Waals surface area contributed by atoms with Gasteiger partial charge in [0.25, 0.3) is 0 Å². The molecule has 1 N–H and O–H groups in total. The van der Waals surface area contributed by atoms with Crippen molar-refractivity contribution in [3.05, 3.63) is 53.5 Å². The summed E-state index contributed by atoms with van der Waals surface area (Å²) < 4.78 is 64.4. The summed E-state index contributed by atoms with van der Waals surface area (Å²) in [4.78, 5) is 3.80. The van der Waals surface area contributed by atoms with Crippen LogP contribution in [-0.4, -0.2) is 24.7 Å². The average molecular weight is 387 g/mol. The molecular weight excluding hydrogens is 375 g/mol. The van der Waals surface area contributed by atoms with Gasteiger partial charge in [-0.25, -0.2) is 13.4 Å². The van der Waals surface area contributed by atoms with Gasteiger partial charge in [-0.05, 0) is 37.3 Å². The van der Waals surface area contributed by atoms with Gasteiger partial charge >= 0.3 is 6.18 Å². The zero-order valence-corrected chi connectivity index (χ0v) is 14.4. The number of alkyl halides is 3. The maximum atomic E-state index is 13.0. The minimum atomic E-state index is -4.89. The van der Waals surface area contributed by atoms with Crippen molar-refractivity contribution in [1.29, 1.82) is 0 Å². The molecule has 25 heavy (non-hydrogen) atoms. The van der Waals surface area contributed by atoms with Gasteiger partial charge in [0.1, 0.15) is 5.01 Å². The first-order valence-electron chi connectivity index (χ1n) is 7.04. The van der Waals surface area contributed by atoms with Gasteiger partial charge in [-0.1, -0.05) is 18.2 Å². The van der Waals surface area contributed by atoms with E-state index in [1.165, 1.54) is 30.3 Å². The first-order valence-corrected chi connectivity index (χ1v) is 9.34. The lowest BCUT2D eigenvalue weighted by molar-refractivity contribution is -0.258. The largest absolute Gasteiger partial charge is 0.423 e. The third kappa shape index (κ3) is 3.03. The Balaban J connectivity index is 2.11. The fourth-order valence-electron chi connectivity index (χ4n) is 2.14. The number of rotatable bonds is 3. The van der Waals surface area contributed by atoms with Crippen molar-refractivity contribution in [3.63, 3.8) is 0 Å². The lowest BCUT2D eigenvalue weighted by Crippen LogP contribution is -2.39. The fraction of sp³-hybridized carbons (Fsp3) is 0.188. The Hall–Kier alpha value is -1.97. The summed E-state index contributed by atoms with van der Waals surface area (Å²) in [6.45, 7) is 0.617. The molecule has 0 saturated carbocycles. The van der Waals surface area contributed by atoms with Crippen LogP contribution in [0.5, 0.6) is 0 Å². The van der Waals surface area contributed by atoms with Gasteiger partial charge < -0.3 is 5.11 Å². The predicted molar refractivity (Wildman–Crippen MR) is 87.1 cm³/mol. The first kappa shape index (κ1) is 17.8. The molecule has 2 aromatic carbocycles. The fourth-order valence-corrected chi connectivity index (χ4v) is 4.45. The van der Waals surface area contributed by atoms with E-state index in [0.717, 1.165) is 0 Å². The number of thiazole rings is 1. The Labute approximate surface area is 145 Å². The third-order valence-electron chi connectivity index (χ3n) is 3.69. The number of benzene rings is 2. The second-order valence-corrected chi connectivity index (χ2v) is 8.52. The summed E-state index contributed by atoms with van der Waals surface area (Å²) in [5.74, 6) is 0. The Morgan fingerprint density at radius 3 is 2.28 bits per heavy atom. The molecule has 3 aromatic rings. The molecule has 0 bridgehead atoms. The van der Waals surface area contributed by atoms with Gasteiger partial charge in [0.2, 0.25) is 15.4 Å². The van der Waals surface area contributed by atoms with Gasteiger partial charge in [0.05, 0.1) is 20.0 Å². The van der Waals surface area contributed by atoms with Crippen molar-refractivity contribution in [2.45, 2.75) is 28.5 Å². The molecule has 0 aliphatic rings. The van der Waals surface area contributed by atoms with Crippen LogP contribution in [0.25, 0.3) is 10.2 Å². The van der Waals surface area contributed by atoms with Crippen molar-refractivity contribution >= 4 is 31.4 Å². The molecule has 1 atom stereocenters. The standard InChI is InChI=1S/C16H12F3NO3S2/c1-15(21,16(17,18)19)14-20-12-9-11(7-8-13(12)24-14)25(22,23)10-5-3-2-4-6-10/h2-9,21H,1H3/t15-/m1/s1. The van der Waals surface area contributed by atoms with E-state index >= 15 is 0 Å². The second-order valence-electron chi connectivity index (χ2n) is 5.54. The average Bonchev–Trinajstić information content (AvgIpc) is 2.98. The van der Waals surface area contributed by atoms with E-state index in [1.807, 2.05) is 0 Å². The molecule has 0 unspecified atom stereocenters. The van der Waals surface area contributed by atoms with Crippen LogP contribution in [-0.2, 0) is 15.4 Å². The normalized spacial score (nSPS) is 15.2. The molecule has 1 heterocycles. The van der Waals surface area contributed by atoms with E-state index in [0.29, 0.717) is 23.0 Å². The zero-order chi connectivity index (χ0) is 18.5. The van der Waals surface area contributed by atoms with Crippen LogP contribution < -0.4 is 0 Å². The summed E-state index contributed by atoms with van der Waals surface area (Å²) in [6.07, 6.45) is -4.89. The van der Waals surface area contributed by atoms with Crippen molar-refractivity contribution in [3.8, 4) is 0 Å². The number of aromatic nitrogens is 1. The number of halogens is 3. The monoisotopic (exact) mass is 387 g/mol. The Kier molecular flexibility index (Phi) is 4.13. The van der Waals surface area contributed by atoms with E-state index < -0.39 is 26.6 Å². The number of fused-ring (bicyclic) bond motifs is 1. The summed E-state index contributed by atoms with van der Waals surface area (Å²) in [6, 6.07) is 11.6. The number of sulfone groups is 1. The quantitative estimate of drug-likeness (QED) is 0.740. The molecule has 9 heteroatoms. The molecule has 0 saturated heterocycles. The highest BCUT2D eigenvalue weighted by molar-refractivity contribution is 7.91. The maximum Gasteiger partial charge on any atom is 0.423 e. The minimum Gasteiger partial charge on any atom is -0.375 e. The van der Waals surface area contributed by atoms with Crippen LogP contribution in [0.2, 0.25) is 0 Å². The zero-order valence-electron chi connectivity index (χ0n) is 12.8. The SMILES string of the molecule is C[C@@](O)(c1nc2cc(S(=O)(=O)c3ccccc3)ccc2s1)C(F)(F)F. The smallest absolute Gasteiger partial charge is 0.375 e. The van der Waals surface area contributed by atoms with E-state index in [1.54, 1.807) is 18.2 Å². The Morgan fingerprint density at radius 1 is 1.04 bits per heavy atom. The first-order chi connectivity index (χ1) is 11.5. The number of aliphatic hydroxyl groups is 1. The highest BCUT2D eigenvalue weighted by Crippen LogP contribution is 2.41. The lowest BCUT2D eigenvalue weighted by atomic mass is 10.1. The molecule has 4 nitrogen and oxygen atoms in total. The predicted octanol–water partition coefficient (Wildman–Crippen LogP) is 3.90. The molecule has 0 aliphatic carbocycles. The molecular formula is C16H12F3NO3S2. The van der Waals surface area contributed by atoms with Crippen LogP contribution in [0, 0.1) is 0 Å². The maximum absolute atomic E-state index is 13.0. The molecule has 0 radical (unpaired) electrons. The summed E-state index contributed by atoms with van der Waals surface area (Å²) in [5, 5.41) is 9.20. The summed E-state index contributed by atoms with van der Waals surface area (Å²) in [5.41, 5.74) is -3.02. The number of nitrogens with zero attached hydrogens (tertiary/aromatic N) is 1. The number of hydrogen-bond donors (Lipinski definition) is 1. The van der Waals surface area contributed by atoms with Crippen molar-refractivity contribution < 1.29 is 26.7 Å². The summed E-state index contributed by atoms with van der Waals surface area (Å²) >= 11 is 0.670. The highest BCUT2D eigenvalue weighted by atomic mass is 32.2. The van der Waals surface area contributed by atoms with Crippen LogP contribution >= 0.6 is 11.3 Å². The van der Waals surface area contributed by atoms with E-state index in [4.69, 9.17) is 0 Å². The molecule has 0 fully saturated rings. The Morgan fingerprint density at radius 2 is 1.68 bits per heavy atom. The van der Waals surface area contributed by atoms with E-state index in [2.05, 4.69) is 4.98 Å². The molecule has 1 aromatic heterocycles. The van der Waals surface area contributed by atoms with Crippen LogP contribution in [0.4, 0.5) is 13.2 Å². The van der Waals surface area contributed by atoms with Crippen LogP contribution in [0.3, 0.4) is 0 Å². The minimum absolute atomic E-state index is 0.0744. The van der Waals surface area contributed by atoms with Gasteiger partial charge in [0, 0.05) is 0 Å². The second kappa shape index (κ2) is 5.79. The molecule has 132 valence electrons. The van der Waals surface area contributed by atoms with Gasteiger partial charge in [0.15, 0.2) is 0 Å². The van der Waals surface area contributed by atoms with Crippen molar-refractivity contribution in [1.82, 2.24) is 4.98 Å². The molecule has 0 amide bonds. The highest BCUT2D eigenvalue weighted by Gasteiger charge is 2.53. The molecule has 3 rings (SSSR count). The van der Waals surface area contributed by atoms with Gasteiger partial charge in [-0.15, -0.1) is 11.3 Å². The molecule has 0 spiro atoms. The summed E-state index contributed by atoms with van der Waals surface area (Å²) in [7, 11) is -3.81. The molecule has 0 aliphatic heterocycles. The van der Waals surface area contributed by atoms with Crippen LogP contribution in [0.1, 0.15) is 11.9 Å². The number of hydrogen-bond acceptors (Lipinski definition) is 5.